The van der Waals surface area contributed by atoms with Crippen molar-refractivity contribution in [2.45, 2.75) is 5.16 Å². The summed E-state index contributed by atoms with van der Waals surface area (Å²) in [5.74, 6) is 1.29. The number of fused-ring (bicyclic) bond motifs is 1. The van der Waals surface area contributed by atoms with Crippen LogP contribution >= 0.6 is 23.1 Å². The molecule has 0 atom stereocenters. The summed E-state index contributed by atoms with van der Waals surface area (Å²) in [5, 5.41) is 4.83. The van der Waals surface area contributed by atoms with Crippen LogP contribution in [0, 0.1) is 0 Å². The van der Waals surface area contributed by atoms with Crippen molar-refractivity contribution in [3.8, 4) is 10.7 Å². The van der Waals surface area contributed by atoms with Gasteiger partial charge in [-0.2, -0.15) is 19.5 Å². The number of thioether (sulfide) groups is 1. The van der Waals surface area contributed by atoms with E-state index in [1.807, 2.05) is 6.26 Å². The maximum absolute atomic E-state index is 5.78. The number of nitrogen functional groups attached to an aromatic ring is 1. The Morgan fingerprint density at radius 1 is 1.35 bits per heavy atom. The normalized spacial score (nSPS) is 11.1. The molecule has 0 unspecified atom stereocenters. The zero-order chi connectivity index (χ0) is 11.8. The fourth-order valence-corrected chi connectivity index (χ4v) is 2.21. The van der Waals surface area contributed by atoms with Crippen LogP contribution in [-0.4, -0.2) is 35.8 Å². The quantitative estimate of drug-likeness (QED) is 0.689. The smallest absolute Gasteiger partial charge is 0.258 e. The van der Waals surface area contributed by atoms with Crippen molar-refractivity contribution in [1.29, 1.82) is 0 Å². The van der Waals surface area contributed by atoms with Crippen LogP contribution in [0.25, 0.3) is 16.5 Å². The van der Waals surface area contributed by atoms with Gasteiger partial charge in [-0.05, 0) is 6.26 Å². The Morgan fingerprint density at radius 2 is 2.24 bits per heavy atom. The van der Waals surface area contributed by atoms with E-state index in [-0.39, 0.29) is 5.95 Å². The first-order chi connectivity index (χ1) is 8.28. The number of anilines is 1. The molecule has 3 heterocycles. The number of hydrogen-bond donors (Lipinski definition) is 1. The lowest BCUT2D eigenvalue weighted by molar-refractivity contribution is 0.851. The molecule has 17 heavy (non-hydrogen) atoms. The fourth-order valence-electron chi connectivity index (χ4n) is 1.31. The van der Waals surface area contributed by atoms with Crippen LogP contribution in [0.5, 0.6) is 0 Å². The lowest BCUT2D eigenvalue weighted by atomic mass is 10.5. The molecule has 2 N–H and O–H groups in total. The molecule has 0 aliphatic carbocycles. The molecular weight excluding hydrogens is 258 g/mol. The number of aromatic nitrogens is 6. The van der Waals surface area contributed by atoms with Gasteiger partial charge >= 0.3 is 0 Å². The van der Waals surface area contributed by atoms with Gasteiger partial charge in [0, 0.05) is 6.20 Å². The summed E-state index contributed by atoms with van der Waals surface area (Å²) in [6.45, 7) is 0. The molecule has 0 saturated carbocycles. The van der Waals surface area contributed by atoms with Crippen molar-refractivity contribution in [1.82, 2.24) is 29.5 Å². The van der Waals surface area contributed by atoms with Crippen molar-refractivity contribution < 1.29 is 0 Å². The van der Waals surface area contributed by atoms with E-state index in [4.69, 9.17) is 5.73 Å². The third-order valence-corrected chi connectivity index (χ3v) is 3.36. The van der Waals surface area contributed by atoms with Gasteiger partial charge in [0.05, 0.1) is 10.4 Å². The summed E-state index contributed by atoms with van der Waals surface area (Å²) in [6.07, 6.45) is 3.59. The Kier molecular flexibility index (Phi) is 2.41. The van der Waals surface area contributed by atoms with E-state index < -0.39 is 0 Å². The largest absolute Gasteiger partial charge is 0.368 e. The highest BCUT2D eigenvalue weighted by Gasteiger charge is 2.12. The van der Waals surface area contributed by atoms with E-state index in [1.165, 1.54) is 27.6 Å². The molecule has 0 bridgehead atoms. The SMILES string of the molecule is CSc1nc(N)n2nc(-c3cncs3)nc2n1. The first-order valence-electron chi connectivity index (χ1n) is 4.61. The van der Waals surface area contributed by atoms with Crippen molar-refractivity contribution in [3.05, 3.63) is 11.7 Å². The minimum atomic E-state index is 0.280. The van der Waals surface area contributed by atoms with E-state index >= 15 is 0 Å². The summed E-state index contributed by atoms with van der Waals surface area (Å²) in [7, 11) is 0. The maximum Gasteiger partial charge on any atom is 0.258 e. The van der Waals surface area contributed by atoms with Crippen molar-refractivity contribution in [2.75, 3.05) is 12.0 Å². The van der Waals surface area contributed by atoms with Gasteiger partial charge in [-0.25, -0.2) is 0 Å². The van der Waals surface area contributed by atoms with E-state index in [9.17, 15) is 0 Å². The molecule has 9 heteroatoms. The molecule has 0 spiro atoms. The predicted octanol–water partition coefficient (Wildman–Crippen LogP) is 0.947. The summed E-state index contributed by atoms with van der Waals surface area (Å²) < 4.78 is 1.43. The number of hydrogen-bond acceptors (Lipinski definition) is 8. The Balaban J connectivity index is 2.22. The summed E-state index contributed by atoms with van der Waals surface area (Å²) in [6, 6.07) is 0. The molecular formula is C8H7N7S2. The number of thiazole rings is 1. The minimum absolute atomic E-state index is 0.280. The molecule has 0 radical (unpaired) electrons. The Labute approximate surface area is 104 Å². The molecule has 0 aliphatic rings. The molecule has 7 nitrogen and oxygen atoms in total. The van der Waals surface area contributed by atoms with Crippen molar-refractivity contribution in [3.63, 3.8) is 0 Å². The highest BCUT2D eigenvalue weighted by molar-refractivity contribution is 7.98. The summed E-state index contributed by atoms with van der Waals surface area (Å²) >= 11 is 2.87. The molecule has 0 aliphatic heterocycles. The highest BCUT2D eigenvalue weighted by Crippen LogP contribution is 2.21. The van der Waals surface area contributed by atoms with Crippen LogP contribution in [0.15, 0.2) is 16.9 Å². The standard InChI is InChI=1S/C8H7N7S2/c1-16-8-12-6(9)15-7(13-8)11-5(14-15)4-2-10-3-17-4/h2-3H,1H3,(H2,9,11,12,13,14). The van der Waals surface area contributed by atoms with E-state index in [2.05, 4.69) is 25.0 Å². The first kappa shape index (κ1) is 10.4. The van der Waals surface area contributed by atoms with Crippen molar-refractivity contribution >= 4 is 34.8 Å². The average Bonchev–Trinajstić information content (AvgIpc) is 2.96. The van der Waals surface area contributed by atoms with Crippen LogP contribution in [0.4, 0.5) is 5.95 Å². The molecule has 0 saturated heterocycles. The molecule has 86 valence electrons. The van der Waals surface area contributed by atoms with E-state index in [0.29, 0.717) is 16.8 Å². The Bertz CT molecular complexity index is 660. The van der Waals surface area contributed by atoms with Crippen LogP contribution in [0.3, 0.4) is 0 Å². The van der Waals surface area contributed by atoms with Gasteiger partial charge in [0.1, 0.15) is 0 Å². The Hall–Kier alpha value is -1.74. The molecule has 3 rings (SSSR count). The lowest BCUT2D eigenvalue weighted by Gasteiger charge is -1.97. The second-order valence-corrected chi connectivity index (χ2v) is 4.74. The van der Waals surface area contributed by atoms with Gasteiger partial charge in [-0.3, -0.25) is 4.98 Å². The second kappa shape index (κ2) is 3.93. The molecule has 3 aromatic heterocycles. The zero-order valence-electron chi connectivity index (χ0n) is 8.73. The number of nitrogens with zero attached hydrogens (tertiary/aromatic N) is 6. The van der Waals surface area contributed by atoms with Crippen LogP contribution in [-0.2, 0) is 0 Å². The van der Waals surface area contributed by atoms with Crippen LogP contribution in [0.2, 0.25) is 0 Å². The number of rotatable bonds is 2. The van der Waals surface area contributed by atoms with Crippen LogP contribution in [0.1, 0.15) is 0 Å². The van der Waals surface area contributed by atoms with Gasteiger partial charge in [-0.1, -0.05) is 11.8 Å². The third-order valence-electron chi connectivity index (χ3n) is 2.05. The zero-order valence-corrected chi connectivity index (χ0v) is 10.4. The lowest BCUT2D eigenvalue weighted by Crippen LogP contribution is -2.04. The van der Waals surface area contributed by atoms with Crippen molar-refractivity contribution in [2.24, 2.45) is 0 Å². The van der Waals surface area contributed by atoms with Gasteiger partial charge in [-0.15, -0.1) is 16.4 Å². The van der Waals surface area contributed by atoms with Gasteiger partial charge < -0.3 is 5.73 Å². The Morgan fingerprint density at radius 3 is 2.94 bits per heavy atom. The average molecular weight is 265 g/mol. The fraction of sp³-hybridized carbons (Fsp3) is 0.125. The van der Waals surface area contributed by atoms with Gasteiger partial charge in [0.2, 0.25) is 5.95 Å². The predicted molar refractivity (Wildman–Crippen MR) is 65.9 cm³/mol. The van der Waals surface area contributed by atoms with Gasteiger partial charge in [0.25, 0.3) is 5.78 Å². The van der Waals surface area contributed by atoms with E-state index in [1.54, 1.807) is 11.7 Å². The molecule has 0 amide bonds. The molecule has 3 aromatic rings. The second-order valence-electron chi connectivity index (χ2n) is 3.08. The summed E-state index contributed by atoms with van der Waals surface area (Å²) in [4.78, 5) is 17.5. The van der Waals surface area contributed by atoms with Gasteiger partial charge in [0.15, 0.2) is 11.0 Å². The van der Waals surface area contributed by atoms with Crippen LogP contribution < -0.4 is 5.73 Å². The summed E-state index contributed by atoms with van der Waals surface area (Å²) in [5.41, 5.74) is 7.51. The maximum atomic E-state index is 5.78. The topological polar surface area (TPSA) is 94.9 Å². The minimum Gasteiger partial charge on any atom is -0.368 e. The highest BCUT2D eigenvalue weighted by atomic mass is 32.2. The molecule has 0 fully saturated rings. The van der Waals surface area contributed by atoms with E-state index in [0.717, 1.165) is 4.88 Å². The number of nitrogens with two attached hydrogens (primary N) is 1. The third kappa shape index (κ3) is 1.72. The first-order valence-corrected chi connectivity index (χ1v) is 6.71. The monoisotopic (exact) mass is 265 g/mol. The molecule has 0 aromatic carbocycles.